The highest BCUT2D eigenvalue weighted by Gasteiger charge is 2.21. The Morgan fingerprint density at radius 3 is 2.43 bits per heavy atom. The lowest BCUT2D eigenvalue weighted by Gasteiger charge is -2.18. The van der Waals surface area contributed by atoms with Gasteiger partial charge < -0.3 is 9.88 Å². The molecule has 146 valence electrons. The molecule has 5 nitrogen and oxygen atoms in total. The van der Waals surface area contributed by atoms with E-state index in [2.05, 4.69) is 35.4 Å². The minimum absolute atomic E-state index is 0.0366. The second-order valence-electron chi connectivity index (χ2n) is 7.17. The van der Waals surface area contributed by atoms with E-state index in [0.29, 0.717) is 5.92 Å². The van der Waals surface area contributed by atoms with E-state index in [4.69, 9.17) is 0 Å². The molecule has 1 heterocycles. The quantitative estimate of drug-likeness (QED) is 0.596. The molecule has 1 atom stereocenters. The molecule has 1 aromatic heterocycles. The number of rotatable bonds is 6. The van der Waals surface area contributed by atoms with Crippen LogP contribution in [-0.4, -0.2) is 25.9 Å². The zero-order valence-electron chi connectivity index (χ0n) is 16.9. The number of nitrogens with one attached hydrogen (secondary N) is 1. The van der Waals surface area contributed by atoms with Crippen molar-refractivity contribution in [2.45, 2.75) is 44.0 Å². The molecule has 3 aromatic rings. The Morgan fingerprint density at radius 2 is 1.75 bits per heavy atom. The third-order valence-corrected chi connectivity index (χ3v) is 5.83. The Morgan fingerprint density at radius 1 is 1.04 bits per heavy atom. The zero-order chi connectivity index (χ0) is 20.3. The van der Waals surface area contributed by atoms with Gasteiger partial charge in [0.1, 0.15) is 0 Å². The third kappa shape index (κ3) is 4.28. The van der Waals surface area contributed by atoms with Crippen LogP contribution in [0.5, 0.6) is 0 Å². The zero-order valence-corrected chi connectivity index (χ0v) is 17.7. The van der Waals surface area contributed by atoms with E-state index < -0.39 is 0 Å². The minimum Gasteiger partial charge on any atom is -0.325 e. The van der Waals surface area contributed by atoms with Crippen LogP contribution >= 0.6 is 11.8 Å². The first-order valence-electron chi connectivity index (χ1n) is 9.40. The average Bonchev–Trinajstić information content (AvgIpc) is 3.04. The maximum absolute atomic E-state index is 12.8. The molecule has 0 fully saturated rings. The number of benzene rings is 2. The summed E-state index contributed by atoms with van der Waals surface area (Å²) < 4.78 is 1.93. The summed E-state index contributed by atoms with van der Waals surface area (Å²) in [7, 11) is 1.92. The van der Waals surface area contributed by atoms with Crippen molar-refractivity contribution in [3.8, 4) is 11.4 Å². The summed E-state index contributed by atoms with van der Waals surface area (Å²) in [4.78, 5) is 12.8. The molecule has 6 heteroatoms. The van der Waals surface area contributed by atoms with Crippen molar-refractivity contribution in [1.82, 2.24) is 14.8 Å². The van der Waals surface area contributed by atoms with Crippen LogP contribution in [0.4, 0.5) is 5.69 Å². The molecule has 2 aromatic carbocycles. The van der Waals surface area contributed by atoms with Gasteiger partial charge in [-0.05, 0) is 30.9 Å². The number of para-hydroxylation sites is 1. The predicted octanol–water partition coefficient (Wildman–Crippen LogP) is 5.03. The van der Waals surface area contributed by atoms with Gasteiger partial charge in [0.25, 0.3) is 0 Å². The number of aromatic nitrogens is 3. The fraction of sp³-hybridized carbons (Fsp3) is 0.318. The standard InChI is InChI=1S/C22H26N4OS/c1-14(2)18-13-9-10-15(3)19(18)23-21(27)16(4)28-22-25-24-20(26(22)5)17-11-7-6-8-12-17/h6-14,16H,1-5H3,(H,23,27)/t16-/m0/s1. The van der Waals surface area contributed by atoms with Crippen LogP contribution in [0.25, 0.3) is 11.4 Å². The van der Waals surface area contributed by atoms with Crippen LogP contribution in [0.3, 0.4) is 0 Å². The summed E-state index contributed by atoms with van der Waals surface area (Å²) in [5.41, 5.74) is 4.14. The maximum Gasteiger partial charge on any atom is 0.237 e. The smallest absolute Gasteiger partial charge is 0.237 e. The molecular weight excluding hydrogens is 368 g/mol. The maximum atomic E-state index is 12.8. The molecule has 0 bridgehead atoms. The van der Waals surface area contributed by atoms with Crippen molar-refractivity contribution in [2.24, 2.45) is 7.05 Å². The Bertz CT molecular complexity index is 966. The number of aryl methyl sites for hydroxylation is 1. The second-order valence-corrected chi connectivity index (χ2v) is 8.48. The van der Waals surface area contributed by atoms with Crippen LogP contribution in [0, 0.1) is 6.92 Å². The molecular formula is C22H26N4OS. The highest BCUT2D eigenvalue weighted by Crippen LogP contribution is 2.30. The highest BCUT2D eigenvalue weighted by atomic mass is 32.2. The van der Waals surface area contributed by atoms with Crippen molar-refractivity contribution in [1.29, 1.82) is 0 Å². The van der Waals surface area contributed by atoms with Gasteiger partial charge in [-0.25, -0.2) is 0 Å². The van der Waals surface area contributed by atoms with Crippen LogP contribution in [0.2, 0.25) is 0 Å². The van der Waals surface area contributed by atoms with Gasteiger partial charge in [0, 0.05) is 18.3 Å². The van der Waals surface area contributed by atoms with Gasteiger partial charge in [-0.1, -0.05) is 74.1 Å². The van der Waals surface area contributed by atoms with Gasteiger partial charge in [-0.15, -0.1) is 10.2 Å². The van der Waals surface area contributed by atoms with Gasteiger partial charge >= 0.3 is 0 Å². The molecule has 1 N–H and O–H groups in total. The fourth-order valence-corrected chi connectivity index (χ4v) is 3.85. The van der Waals surface area contributed by atoms with Gasteiger partial charge in [-0.3, -0.25) is 4.79 Å². The van der Waals surface area contributed by atoms with Gasteiger partial charge in [0.05, 0.1) is 5.25 Å². The topological polar surface area (TPSA) is 59.8 Å². The van der Waals surface area contributed by atoms with E-state index in [1.54, 1.807) is 0 Å². The summed E-state index contributed by atoms with van der Waals surface area (Å²) in [5, 5.41) is 12.1. The molecule has 0 unspecified atom stereocenters. The van der Waals surface area contributed by atoms with Gasteiger partial charge in [0.15, 0.2) is 11.0 Å². The molecule has 0 aliphatic carbocycles. The fourth-order valence-electron chi connectivity index (χ4n) is 3.03. The lowest BCUT2D eigenvalue weighted by Crippen LogP contribution is -2.24. The lowest BCUT2D eigenvalue weighted by atomic mass is 9.98. The monoisotopic (exact) mass is 394 g/mol. The average molecular weight is 395 g/mol. The third-order valence-electron chi connectivity index (χ3n) is 4.69. The summed E-state index contributed by atoms with van der Waals surface area (Å²) >= 11 is 1.41. The Kier molecular flexibility index (Phi) is 6.19. The van der Waals surface area contributed by atoms with Gasteiger partial charge in [-0.2, -0.15) is 0 Å². The summed E-state index contributed by atoms with van der Waals surface area (Å²) in [6, 6.07) is 16.0. The molecule has 3 rings (SSSR count). The van der Waals surface area contributed by atoms with E-state index in [9.17, 15) is 4.79 Å². The van der Waals surface area contributed by atoms with Gasteiger partial charge in [0.2, 0.25) is 5.91 Å². The molecule has 1 amide bonds. The molecule has 0 saturated carbocycles. The van der Waals surface area contributed by atoms with E-state index in [-0.39, 0.29) is 11.2 Å². The van der Waals surface area contributed by atoms with Crippen molar-refractivity contribution >= 4 is 23.4 Å². The second kappa shape index (κ2) is 8.61. The molecule has 0 spiro atoms. The SMILES string of the molecule is Cc1cccc(C(C)C)c1NC(=O)[C@H](C)Sc1nnc(-c2ccccc2)n1C. The molecule has 0 aliphatic heterocycles. The van der Waals surface area contributed by atoms with Crippen molar-refractivity contribution < 1.29 is 4.79 Å². The van der Waals surface area contributed by atoms with E-state index in [0.717, 1.165) is 33.4 Å². The van der Waals surface area contributed by atoms with Crippen LogP contribution < -0.4 is 5.32 Å². The highest BCUT2D eigenvalue weighted by molar-refractivity contribution is 8.00. The Balaban J connectivity index is 1.75. The number of anilines is 1. The summed E-state index contributed by atoms with van der Waals surface area (Å²) in [5.74, 6) is 1.09. The lowest BCUT2D eigenvalue weighted by molar-refractivity contribution is -0.115. The molecule has 0 saturated heterocycles. The largest absolute Gasteiger partial charge is 0.325 e. The number of carbonyl (C=O) groups excluding carboxylic acids is 1. The Hall–Kier alpha value is -2.60. The first-order valence-corrected chi connectivity index (χ1v) is 10.3. The number of hydrogen-bond acceptors (Lipinski definition) is 4. The Labute approximate surface area is 170 Å². The van der Waals surface area contributed by atoms with Crippen molar-refractivity contribution in [2.75, 3.05) is 5.32 Å². The predicted molar refractivity (Wildman–Crippen MR) is 116 cm³/mol. The van der Waals surface area contributed by atoms with E-state index >= 15 is 0 Å². The number of amides is 1. The normalized spacial score (nSPS) is 12.2. The molecule has 0 radical (unpaired) electrons. The summed E-state index contributed by atoms with van der Waals surface area (Å²) in [6.07, 6.45) is 0. The van der Waals surface area contributed by atoms with E-state index in [1.807, 2.05) is 67.9 Å². The number of thioether (sulfide) groups is 1. The first-order chi connectivity index (χ1) is 13.4. The van der Waals surface area contributed by atoms with Crippen molar-refractivity contribution in [3.63, 3.8) is 0 Å². The molecule has 0 aliphatic rings. The number of hydrogen-bond donors (Lipinski definition) is 1. The van der Waals surface area contributed by atoms with Crippen LogP contribution in [0.15, 0.2) is 53.7 Å². The first kappa shape index (κ1) is 20.1. The van der Waals surface area contributed by atoms with Crippen LogP contribution in [-0.2, 0) is 11.8 Å². The summed E-state index contributed by atoms with van der Waals surface area (Å²) in [6.45, 7) is 8.18. The number of carbonyl (C=O) groups is 1. The molecule has 28 heavy (non-hydrogen) atoms. The minimum atomic E-state index is -0.300. The van der Waals surface area contributed by atoms with Crippen molar-refractivity contribution in [3.05, 3.63) is 59.7 Å². The van der Waals surface area contributed by atoms with E-state index in [1.165, 1.54) is 11.8 Å². The van der Waals surface area contributed by atoms with Crippen LogP contribution in [0.1, 0.15) is 37.8 Å². The number of nitrogens with zero attached hydrogens (tertiary/aromatic N) is 3.